The van der Waals surface area contributed by atoms with E-state index in [-0.39, 0.29) is 30.2 Å². The summed E-state index contributed by atoms with van der Waals surface area (Å²) in [5, 5.41) is 12.8. The van der Waals surface area contributed by atoms with Gasteiger partial charge in [-0.1, -0.05) is 59.7 Å². The number of carboxylic acid groups (broad SMARTS) is 1. The van der Waals surface area contributed by atoms with Crippen LogP contribution in [0.5, 0.6) is 5.75 Å². The number of nitrogens with one attached hydrogen (secondary N) is 1. The molecule has 2 unspecified atom stereocenters. The van der Waals surface area contributed by atoms with Crippen LogP contribution in [-0.2, 0) is 18.8 Å². The largest absolute Gasteiger partial charge is 0.480 e. The van der Waals surface area contributed by atoms with Crippen LogP contribution in [0.3, 0.4) is 0 Å². The quantitative estimate of drug-likeness (QED) is 0.434. The van der Waals surface area contributed by atoms with E-state index in [9.17, 15) is 14.5 Å². The first-order chi connectivity index (χ1) is 14.4. The summed E-state index contributed by atoms with van der Waals surface area (Å²) in [7, 11) is -3.76. The number of para-hydroxylation sites is 1. The minimum Gasteiger partial charge on any atom is -0.480 e. The van der Waals surface area contributed by atoms with Gasteiger partial charge in [-0.05, 0) is 42.2 Å². The molecule has 2 N–H and O–H groups in total. The third-order valence-corrected chi connectivity index (χ3v) is 7.70. The second-order valence-corrected chi connectivity index (χ2v) is 11.4. The zero-order chi connectivity index (χ0) is 23.4. The van der Waals surface area contributed by atoms with Crippen LogP contribution < -0.4 is 9.61 Å². The molecule has 3 atom stereocenters. The molecule has 7 nitrogen and oxygen atoms in total. The lowest BCUT2D eigenvalue weighted by Gasteiger charge is -2.35. The summed E-state index contributed by atoms with van der Waals surface area (Å²) >= 11 is 0. The summed E-state index contributed by atoms with van der Waals surface area (Å²) in [4.78, 5) is 12.1. The number of carboxylic acids is 1. The standard InChI is InChI=1S/C23H38NO6P/c1-15(2)19-9-8-10-20(16(3)4)21(19)30-31(27,14-29-18-11-12-28-13-18)24-23(7,17(5)6)22(25)26/h8-10,15-18H,11-14H2,1-7H3,(H,24,27)(H,25,26)/t18-,23?,31?/m1/s1. The van der Waals surface area contributed by atoms with Crippen molar-refractivity contribution in [2.24, 2.45) is 5.92 Å². The summed E-state index contributed by atoms with van der Waals surface area (Å²) in [5.74, 6) is -0.589. The fraction of sp³-hybridized carbons (Fsp3) is 0.696. The van der Waals surface area contributed by atoms with E-state index in [1.807, 2.05) is 45.9 Å². The Balaban J connectivity index is 2.48. The van der Waals surface area contributed by atoms with E-state index in [0.717, 1.165) is 11.1 Å². The monoisotopic (exact) mass is 455 g/mol. The van der Waals surface area contributed by atoms with Crippen molar-refractivity contribution in [1.82, 2.24) is 5.09 Å². The van der Waals surface area contributed by atoms with E-state index in [0.29, 0.717) is 25.4 Å². The van der Waals surface area contributed by atoms with Crippen molar-refractivity contribution in [1.29, 1.82) is 0 Å². The molecule has 31 heavy (non-hydrogen) atoms. The number of benzene rings is 1. The molecule has 0 amide bonds. The normalized spacial score (nSPS) is 20.8. The molecule has 1 fully saturated rings. The summed E-state index contributed by atoms with van der Waals surface area (Å²) in [5.41, 5.74) is 0.411. The highest BCUT2D eigenvalue weighted by Gasteiger charge is 2.45. The van der Waals surface area contributed by atoms with E-state index in [1.165, 1.54) is 6.92 Å². The maximum atomic E-state index is 14.2. The minimum atomic E-state index is -3.76. The average Bonchev–Trinajstić information content (AvgIpc) is 3.19. The maximum Gasteiger partial charge on any atom is 0.342 e. The van der Waals surface area contributed by atoms with Crippen molar-refractivity contribution in [3.63, 3.8) is 0 Å². The van der Waals surface area contributed by atoms with Gasteiger partial charge in [0.05, 0.1) is 12.7 Å². The van der Waals surface area contributed by atoms with Crippen LogP contribution in [0, 0.1) is 5.92 Å². The zero-order valence-corrected chi connectivity index (χ0v) is 20.7. The Kier molecular flexibility index (Phi) is 8.74. The molecular formula is C23H38NO6P. The molecule has 1 aromatic rings. The average molecular weight is 456 g/mol. The number of ether oxygens (including phenoxy) is 2. The zero-order valence-electron chi connectivity index (χ0n) is 19.8. The van der Waals surface area contributed by atoms with Gasteiger partial charge in [0.25, 0.3) is 0 Å². The molecule has 2 rings (SSSR count). The molecule has 0 aliphatic carbocycles. The Bertz CT molecular complexity index is 777. The van der Waals surface area contributed by atoms with Gasteiger partial charge < -0.3 is 19.1 Å². The highest BCUT2D eigenvalue weighted by Crippen LogP contribution is 2.50. The van der Waals surface area contributed by atoms with E-state index >= 15 is 0 Å². The first kappa shape index (κ1) is 25.9. The summed E-state index contributed by atoms with van der Waals surface area (Å²) < 4.78 is 31.6. The Morgan fingerprint density at radius 2 is 1.81 bits per heavy atom. The second kappa shape index (κ2) is 10.5. The Morgan fingerprint density at radius 3 is 2.23 bits per heavy atom. The van der Waals surface area contributed by atoms with Gasteiger partial charge >= 0.3 is 13.5 Å². The topological polar surface area (TPSA) is 94.1 Å². The first-order valence-corrected chi connectivity index (χ1v) is 12.8. The van der Waals surface area contributed by atoms with Crippen molar-refractivity contribution in [3.8, 4) is 5.75 Å². The molecule has 1 aliphatic heterocycles. The highest BCUT2D eigenvalue weighted by atomic mass is 31.2. The fourth-order valence-electron chi connectivity index (χ4n) is 3.44. The van der Waals surface area contributed by atoms with E-state index < -0.39 is 19.0 Å². The molecule has 0 radical (unpaired) electrons. The lowest BCUT2D eigenvalue weighted by atomic mass is 9.90. The fourth-order valence-corrected chi connectivity index (χ4v) is 5.58. The maximum absolute atomic E-state index is 14.2. The van der Waals surface area contributed by atoms with Crippen LogP contribution in [0.15, 0.2) is 18.2 Å². The SMILES string of the molecule is CC(C)c1cccc(C(C)C)c1OP(=O)(CO[C@@H]1CCOC1)NC(C)(C(=O)O)C(C)C. The Morgan fingerprint density at radius 1 is 1.23 bits per heavy atom. The summed E-state index contributed by atoms with van der Waals surface area (Å²) in [6.45, 7) is 14.3. The van der Waals surface area contributed by atoms with E-state index in [1.54, 1.807) is 13.8 Å². The Hall–Kier alpha value is -1.40. The molecule has 0 bridgehead atoms. The molecule has 8 heteroatoms. The predicted molar refractivity (Wildman–Crippen MR) is 122 cm³/mol. The van der Waals surface area contributed by atoms with Crippen molar-refractivity contribution in [2.75, 3.05) is 19.6 Å². The molecule has 176 valence electrons. The molecule has 1 heterocycles. The van der Waals surface area contributed by atoms with E-state index in [4.69, 9.17) is 14.0 Å². The number of aliphatic carboxylic acids is 1. The lowest BCUT2D eigenvalue weighted by Crippen LogP contribution is -2.53. The van der Waals surface area contributed by atoms with Gasteiger partial charge in [0.2, 0.25) is 0 Å². The Labute approximate surface area is 186 Å². The van der Waals surface area contributed by atoms with Gasteiger partial charge in [0, 0.05) is 6.61 Å². The number of hydrogen-bond acceptors (Lipinski definition) is 5. The van der Waals surface area contributed by atoms with Crippen LogP contribution in [-0.4, -0.2) is 42.3 Å². The third kappa shape index (κ3) is 6.32. The van der Waals surface area contributed by atoms with Gasteiger partial charge in [-0.3, -0.25) is 9.36 Å². The molecule has 1 aromatic carbocycles. The van der Waals surface area contributed by atoms with Crippen LogP contribution in [0.1, 0.15) is 77.8 Å². The van der Waals surface area contributed by atoms with Crippen LogP contribution in [0.4, 0.5) is 0 Å². The molecule has 0 saturated carbocycles. The third-order valence-electron chi connectivity index (χ3n) is 5.93. The summed E-state index contributed by atoms with van der Waals surface area (Å²) in [6, 6.07) is 5.89. The van der Waals surface area contributed by atoms with Gasteiger partial charge in [-0.25, -0.2) is 5.09 Å². The minimum absolute atomic E-state index is 0.141. The molecule has 0 spiro atoms. The van der Waals surface area contributed by atoms with Crippen LogP contribution in [0.2, 0.25) is 0 Å². The summed E-state index contributed by atoms with van der Waals surface area (Å²) in [6.07, 6.45) is 0.291. The van der Waals surface area contributed by atoms with Gasteiger partial charge in [0.15, 0.2) is 0 Å². The van der Waals surface area contributed by atoms with Crippen molar-refractivity contribution >= 4 is 13.5 Å². The highest BCUT2D eigenvalue weighted by molar-refractivity contribution is 7.57. The van der Waals surface area contributed by atoms with Gasteiger partial charge in [-0.2, -0.15) is 0 Å². The van der Waals surface area contributed by atoms with Gasteiger partial charge in [0.1, 0.15) is 17.6 Å². The molecule has 1 saturated heterocycles. The lowest BCUT2D eigenvalue weighted by molar-refractivity contribution is -0.145. The first-order valence-electron chi connectivity index (χ1n) is 11.0. The van der Waals surface area contributed by atoms with E-state index in [2.05, 4.69) is 5.09 Å². The van der Waals surface area contributed by atoms with Crippen LogP contribution in [0.25, 0.3) is 0 Å². The predicted octanol–water partition coefficient (Wildman–Crippen LogP) is 5.36. The molecular weight excluding hydrogens is 417 g/mol. The smallest absolute Gasteiger partial charge is 0.342 e. The number of hydrogen-bond donors (Lipinski definition) is 2. The molecule has 1 aliphatic rings. The van der Waals surface area contributed by atoms with Crippen molar-refractivity contribution < 1.29 is 28.5 Å². The second-order valence-electron chi connectivity index (χ2n) is 9.40. The van der Waals surface area contributed by atoms with Crippen molar-refractivity contribution in [2.45, 2.75) is 78.4 Å². The van der Waals surface area contributed by atoms with Gasteiger partial charge in [-0.15, -0.1) is 0 Å². The molecule has 0 aromatic heterocycles. The van der Waals surface area contributed by atoms with Crippen molar-refractivity contribution in [3.05, 3.63) is 29.3 Å². The number of carbonyl (C=O) groups is 1. The number of rotatable bonds is 11. The van der Waals surface area contributed by atoms with Crippen LogP contribution >= 0.6 is 7.52 Å².